The molecule has 0 bridgehead atoms. The Morgan fingerprint density at radius 2 is 2.50 bits per heavy atom. The third-order valence-corrected chi connectivity index (χ3v) is 3.78. The van der Waals surface area contributed by atoms with Crippen molar-refractivity contribution in [2.24, 2.45) is 17.3 Å². The Kier molecular flexibility index (Phi) is 1.35. The highest BCUT2D eigenvalue weighted by atomic mass is 35.5. The molecule has 0 aliphatic heterocycles. The van der Waals surface area contributed by atoms with Crippen molar-refractivity contribution in [2.75, 3.05) is 5.88 Å². The van der Waals surface area contributed by atoms with E-state index in [0.717, 1.165) is 17.7 Å². The van der Waals surface area contributed by atoms with Crippen LogP contribution in [-0.4, -0.2) is 5.88 Å². The summed E-state index contributed by atoms with van der Waals surface area (Å²) in [6.45, 7) is 2.31. The molecule has 0 amide bonds. The Bertz CT molecular complexity index is 174. The van der Waals surface area contributed by atoms with Gasteiger partial charge >= 0.3 is 0 Å². The minimum atomic E-state index is 0.467. The van der Waals surface area contributed by atoms with Gasteiger partial charge in [-0.1, -0.05) is 19.1 Å². The van der Waals surface area contributed by atoms with E-state index in [-0.39, 0.29) is 0 Å². The average Bonchev–Trinajstić information content (AvgIpc) is 2.60. The maximum atomic E-state index is 5.88. The van der Waals surface area contributed by atoms with Crippen LogP contribution >= 0.6 is 11.6 Å². The number of allylic oxidation sites excluding steroid dienone is 2. The molecular formula is C9H13Cl. The van der Waals surface area contributed by atoms with E-state index in [9.17, 15) is 0 Å². The molecule has 0 N–H and O–H groups in total. The van der Waals surface area contributed by atoms with Crippen LogP contribution in [0.1, 0.15) is 19.8 Å². The van der Waals surface area contributed by atoms with E-state index in [1.165, 1.54) is 12.8 Å². The molecule has 2 aliphatic carbocycles. The topological polar surface area (TPSA) is 0 Å². The van der Waals surface area contributed by atoms with Crippen molar-refractivity contribution in [1.82, 2.24) is 0 Å². The molecule has 2 aliphatic rings. The highest BCUT2D eigenvalue weighted by Crippen LogP contribution is 2.63. The van der Waals surface area contributed by atoms with E-state index in [2.05, 4.69) is 19.1 Å². The first-order chi connectivity index (χ1) is 4.79. The molecule has 0 aromatic heterocycles. The summed E-state index contributed by atoms with van der Waals surface area (Å²) in [7, 11) is 0. The SMILES string of the molecule is C[C@]1(CCl)[C@@H]2CCC=C[C@@H]21. The van der Waals surface area contributed by atoms with Gasteiger partial charge in [0.25, 0.3) is 0 Å². The average molecular weight is 157 g/mol. The smallest absolute Gasteiger partial charge is 0.0285 e. The molecule has 0 unspecified atom stereocenters. The van der Waals surface area contributed by atoms with Gasteiger partial charge in [0, 0.05) is 5.88 Å². The number of halogens is 1. The lowest BCUT2D eigenvalue weighted by atomic mass is 10.1. The summed E-state index contributed by atoms with van der Waals surface area (Å²) in [5, 5.41) is 0. The van der Waals surface area contributed by atoms with Gasteiger partial charge in [0.05, 0.1) is 0 Å². The third-order valence-electron chi connectivity index (χ3n) is 3.21. The van der Waals surface area contributed by atoms with Crippen molar-refractivity contribution in [3.05, 3.63) is 12.2 Å². The molecule has 56 valence electrons. The monoisotopic (exact) mass is 156 g/mol. The number of hydrogen-bond donors (Lipinski definition) is 0. The Balaban J connectivity index is 2.14. The van der Waals surface area contributed by atoms with Crippen molar-refractivity contribution >= 4 is 11.6 Å². The Labute approximate surface area is 67.3 Å². The second-order valence-corrected chi connectivity index (χ2v) is 4.04. The summed E-state index contributed by atoms with van der Waals surface area (Å²) in [4.78, 5) is 0. The minimum absolute atomic E-state index is 0.467. The van der Waals surface area contributed by atoms with Gasteiger partial charge in [0.15, 0.2) is 0 Å². The first kappa shape index (κ1) is 6.72. The van der Waals surface area contributed by atoms with Crippen molar-refractivity contribution in [1.29, 1.82) is 0 Å². The highest BCUT2D eigenvalue weighted by molar-refractivity contribution is 6.18. The quantitative estimate of drug-likeness (QED) is 0.405. The zero-order chi connectivity index (χ0) is 7.19. The molecule has 1 fully saturated rings. The second kappa shape index (κ2) is 2.01. The number of alkyl halides is 1. The lowest BCUT2D eigenvalue weighted by molar-refractivity contribution is 0.542. The molecule has 0 aromatic rings. The van der Waals surface area contributed by atoms with Crippen LogP contribution in [0, 0.1) is 17.3 Å². The van der Waals surface area contributed by atoms with Gasteiger partial charge in [-0.2, -0.15) is 0 Å². The summed E-state index contributed by atoms with van der Waals surface area (Å²) in [6, 6.07) is 0. The van der Waals surface area contributed by atoms with E-state index in [1.807, 2.05) is 0 Å². The first-order valence-electron chi connectivity index (χ1n) is 4.01. The summed E-state index contributed by atoms with van der Waals surface area (Å²) in [6.07, 6.45) is 7.30. The van der Waals surface area contributed by atoms with Crippen LogP contribution in [0.4, 0.5) is 0 Å². The zero-order valence-corrected chi connectivity index (χ0v) is 7.06. The molecule has 0 heterocycles. The maximum absolute atomic E-state index is 5.88. The molecule has 1 saturated carbocycles. The van der Waals surface area contributed by atoms with Crippen molar-refractivity contribution in [3.8, 4) is 0 Å². The summed E-state index contributed by atoms with van der Waals surface area (Å²) < 4.78 is 0. The van der Waals surface area contributed by atoms with Gasteiger partial charge in [0.1, 0.15) is 0 Å². The molecule has 1 heteroatoms. The van der Waals surface area contributed by atoms with E-state index >= 15 is 0 Å². The van der Waals surface area contributed by atoms with Crippen molar-refractivity contribution in [2.45, 2.75) is 19.8 Å². The lowest BCUT2D eigenvalue weighted by Gasteiger charge is -2.02. The van der Waals surface area contributed by atoms with E-state index in [0.29, 0.717) is 5.41 Å². The van der Waals surface area contributed by atoms with Crippen LogP contribution in [0.5, 0.6) is 0 Å². The van der Waals surface area contributed by atoms with Gasteiger partial charge in [-0.15, -0.1) is 11.6 Å². The van der Waals surface area contributed by atoms with Crippen LogP contribution in [-0.2, 0) is 0 Å². The zero-order valence-electron chi connectivity index (χ0n) is 6.31. The Morgan fingerprint density at radius 3 is 3.00 bits per heavy atom. The van der Waals surface area contributed by atoms with Crippen LogP contribution in [0.25, 0.3) is 0 Å². The molecule has 10 heavy (non-hydrogen) atoms. The number of rotatable bonds is 1. The molecule has 0 spiro atoms. The number of hydrogen-bond acceptors (Lipinski definition) is 0. The Morgan fingerprint density at radius 1 is 1.70 bits per heavy atom. The van der Waals surface area contributed by atoms with Crippen LogP contribution in [0.15, 0.2) is 12.2 Å². The van der Waals surface area contributed by atoms with Gasteiger partial charge in [-0.3, -0.25) is 0 Å². The normalized spacial score (nSPS) is 50.6. The number of fused-ring (bicyclic) bond motifs is 1. The Hall–Kier alpha value is 0.0300. The lowest BCUT2D eigenvalue weighted by Crippen LogP contribution is -1.99. The summed E-state index contributed by atoms with van der Waals surface area (Å²) in [5.74, 6) is 2.57. The van der Waals surface area contributed by atoms with E-state index in [1.54, 1.807) is 0 Å². The third kappa shape index (κ3) is 0.687. The first-order valence-corrected chi connectivity index (χ1v) is 4.55. The van der Waals surface area contributed by atoms with Crippen LogP contribution in [0.2, 0.25) is 0 Å². The second-order valence-electron chi connectivity index (χ2n) is 3.78. The van der Waals surface area contributed by atoms with E-state index < -0.39 is 0 Å². The van der Waals surface area contributed by atoms with Gasteiger partial charge in [-0.25, -0.2) is 0 Å². The van der Waals surface area contributed by atoms with Crippen LogP contribution in [0.3, 0.4) is 0 Å². The molecule has 0 radical (unpaired) electrons. The fourth-order valence-electron chi connectivity index (χ4n) is 2.27. The molecule has 0 nitrogen and oxygen atoms in total. The van der Waals surface area contributed by atoms with Crippen LogP contribution < -0.4 is 0 Å². The minimum Gasteiger partial charge on any atom is -0.126 e. The molecule has 0 saturated heterocycles. The molecule has 2 rings (SSSR count). The predicted octanol–water partition coefficient (Wildman–Crippen LogP) is 2.83. The highest BCUT2D eigenvalue weighted by Gasteiger charge is 2.58. The molecule has 3 atom stereocenters. The summed E-state index contributed by atoms with van der Waals surface area (Å²) in [5.41, 5.74) is 0.467. The van der Waals surface area contributed by atoms with Gasteiger partial charge < -0.3 is 0 Å². The largest absolute Gasteiger partial charge is 0.126 e. The summed E-state index contributed by atoms with van der Waals surface area (Å²) >= 11 is 5.88. The van der Waals surface area contributed by atoms with Crippen molar-refractivity contribution < 1.29 is 0 Å². The fraction of sp³-hybridized carbons (Fsp3) is 0.778. The fourth-order valence-corrected chi connectivity index (χ4v) is 2.65. The van der Waals surface area contributed by atoms with E-state index in [4.69, 9.17) is 11.6 Å². The molecule has 0 aromatic carbocycles. The van der Waals surface area contributed by atoms with Gasteiger partial charge in [-0.05, 0) is 30.1 Å². The van der Waals surface area contributed by atoms with Gasteiger partial charge in [0.2, 0.25) is 0 Å². The van der Waals surface area contributed by atoms with Crippen molar-refractivity contribution in [3.63, 3.8) is 0 Å². The molecular weight excluding hydrogens is 144 g/mol. The predicted molar refractivity (Wildman–Crippen MR) is 44.2 cm³/mol. The standard InChI is InChI=1S/C9H13Cl/c1-9(6-10)7-4-2-3-5-8(7)9/h2,4,7-8H,3,5-6H2,1H3/t7-,8+,9+/m0/s1. The maximum Gasteiger partial charge on any atom is 0.0285 e.